The molecule has 17 heavy (non-hydrogen) atoms. The predicted octanol–water partition coefficient (Wildman–Crippen LogP) is 2.57. The highest BCUT2D eigenvalue weighted by atomic mass is 35.5. The summed E-state index contributed by atoms with van der Waals surface area (Å²) in [6.07, 6.45) is 3.09. The highest BCUT2D eigenvalue weighted by molar-refractivity contribution is 6.17. The number of carbonyl (C=O) groups is 1. The van der Waals surface area contributed by atoms with Crippen LogP contribution in [-0.4, -0.2) is 31.0 Å². The molecule has 4 heteroatoms. The first-order valence-corrected chi connectivity index (χ1v) is 6.93. The SMILES string of the molecule is CC1CC(C(=O)NCC(C)(C)CCCCl)CO1. The summed E-state index contributed by atoms with van der Waals surface area (Å²) in [4.78, 5) is 11.9. The monoisotopic (exact) mass is 261 g/mol. The molecule has 1 heterocycles. The highest BCUT2D eigenvalue weighted by Gasteiger charge is 2.29. The Hall–Kier alpha value is -0.280. The zero-order valence-electron chi connectivity index (χ0n) is 11.1. The van der Waals surface area contributed by atoms with Gasteiger partial charge < -0.3 is 10.1 Å². The fraction of sp³-hybridized carbons (Fsp3) is 0.923. The van der Waals surface area contributed by atoms with Gasteiger partial charge in [0.25, 0.3) is 0 Å². The number of hydrogen-bond acceptors (Lipinski definition) is 2. The number of nitrogens with one attached hydrogen (secondary N) is 1. The average Bonchev–Trinajstić information content (AvgIpc) is 2.70. The lowest BCUT2D eigenvalue weighted by Gasteiger charge is -2.25. The number of alkyl halides is 1. The summed E-state index contributed by atoms with van der Waals surface area (Å²) in [5.41, 5.74) is 0.121. The minimum Gasteiger partial charge on any atom is -0.378 e. The Morgan fingerprint density at radius 2 is 2.24 bits per heavy atom. The van der Waals surface area contributed by atoms with Gasteiger partial charge in [0.1, 0.15) is 0 Å². The molecule has 0 spiro atoms. The maximum absolute atomic E-state index is 11.9. The standard InChI is InChI=1S/C13H24ClNO2/c1-10-7-11(8-17-10)12(16)15-9-13(2,3)5-4-6-14/h10-11H,4-9H2,1-3H3,(H,15,16). The third kappa shape index (κ3) is 5.26. The molecular weight excluding hydrogens is 238 g/mol. The predicted molar refractivity (Wildman–Crippen MR) is 70.3 cm³/mol. The summed E-state index contributed by atoms with van der Waals surface area (Å²) in [6.45, 7) is 7.61. The Bertz CT molecular complexity index is 256. The minimum atomic E-state index is 0.0360. The van der Waals surface area contributed by atoms with Crippen molar-refractivity contribution in [3.05, 3.63) is 0 Å². The summed E-state index contributed by atoms with van der Waals surface area (Å²) in [6, 6.07) is 0. The molecule has 0 bridgehead atoms. The average molecular weight is 262 g/mol. The summed E-state index contributed by atoms with van der Waals surface area (Å²) >= 11 is 5.69. The molecule has 0 aromatic rings. The van der Waals surface area contributed by atoms with E-state index in [1.54, 1.807) is 0 Å². The molecule has 0 aromatic carbocycles. The van der Waals surface area contributed by atoms with Crippen molar-refractivity contribution in [2.24, 2.45) is 11.3 Å². The van der Waals surface area contributed by atoms with Crippen LogP contribution < -0.4 is 5.32 Å². The largest absolute Gasteiger partial charge is 0.378 e. The lowest BCUT2D eigenvalue weighted by Crippen LogP contribution is -2.38. The van der Waals surface area contributed by atoms with Crippen molar-refractivity contribution in [2.75, 3.05) is 19.0 Å². The molecule has 1 saturated heterocycles. The molecule has 100 valence electrons. The van der Waals surface area contributed by atoms with E-state index in [4.69, 9.17) is 16.3 Å². The van der Waals surface area contributed by atoms with Crippen LogP contribution in [0.15, 0.2) is 0 Å². The molecule has 0 saturated carbocycles. The van der Waals surface area contributed by atoms with Gasteiger partial charge in [-0.1, -0.05) is 13.8 Å². The molecule has 1 rings (SSSR count). The summed E-state index contributed by atoms with van der Waals surface area (Å²) in [5, 5.41) is 3.03. The zero-order chi connectivity index (χ0) is 12.9. The molecule has 1 N–H and O–H groups in total. The Morgan fingerprint density at radius 3 is 2.76 bits per heavy atom. The first kappa shape index (κ1) is 14.8. The van der Waals surface area contributed by atoms with E-state index >= 15 is 0 Å². The first-order chi connectivity index (χ1) is 7.94. The van der Waals surface area contributed by atoms with Crippen LogP contribution in [0.2, 0.25) is 0 Å². The van der Waals surface area contributed by atoms with Crippen LogP contribution in [-0.2, 0) is 9.53 Å². The van der Waals surface area contributed by atoms with Crippen molar-refractivity contribution >= 4 is 17.5 Å². The van der Waals surface area contributed by atoms with Crippen molar-refractivity contribution < 1.29 is 9.53 Å². The van der Waals surface area contributed by atoms with E-state index in [2.05, 4.69) is 19.2 Å². The van der Waals surface area contributed by atoms with E-state index in [1.165, 1.54) is 0 Å². The van der Waals surface area contributed by atoms with Gasteiger partial charge in [-0.05, 0) is 31.6 Å². The van der Waals surface area contributed by atoms with Crippen LogP contribution in [0.4, 0.5) is 0 Å². The van der Waals surface area contributed by atoms with Crippen LogP contribution in [0.1, 0.15) is 40.0 Å². The fourth-order valence-corrected chi connectivity index (χ4v) is 2.24. The van der Waals surface area contributed by atoms with E-state index in [0.717, 1.165) is 19.3 Å². The van der Waals surface area contributed by atoms with Crippen LogP contribution >= 0.6 is 11.6 Å². The van der Waals surface area contributed by atoms with Gasteiger partial charge in [0, 0.05) is 12.4 Å². The maximum Gasteiger partial charge on any atom is 0.225 e. The second-order valence-corrected chi connectivity index (χ2v) is 6.13. The zero-order valence-corrected chi connectivity index (χ0v) is 11.8. The Balaban J connectivity index is 2.27. The van der Waals surface area contributed by atoms with Crippen molar-refractivity contribution in [1.29, 1.82) is 0 Å². The smallest absolute Gasteiger partial charge is 0.225 e. The topological polar surface area (TPSA) is 38.3 Å². The molecule has 2 atom stereocenters. The van der Waals surface area contributed by atoms with E-state index < -0.39 is 0 Å². The van der Waals surface area contributed by atoms with Gasteiger partial charge in [0.2, 0.25) is 5.91 Å². The molecule has 1 fully saturated rings. The van der Waals surface area contributed by atoms with Crippen LogP contribution in [0.5, 0.6) is 0 Å². The van der Waals surface area contributed by atoms with Crippen molar-refractivity contribution in [3.8, 4) is 0 Å². The van der Waals surface area contributed by atoms with Gasteiger partial charge in [0.05, 0.1) is 18.6 Å². The fourth-order valence-electron chi connectivity index (χ4n) is 2.10. The Kier molecular flexibility index (Phi) is 5.74. The van der Waals surface area contributed by atoms with Crippen LogP contribution in [0.3, 0.4) is 0 Å². The summed E-state index contributed by atoms with van der Waals surface area (Å²) in [5.74, 6) is 0.855. The molecule has 1 aliphatic rings. The number of amides is 1. The Morgan fingerprint density at radius 1 is 1.53 bits per heavy atom. The van der Waals surface area contributed by atoms with Crippen molar-refractivity contribution in [2.45, 2.75) is 46.1 Å². The lowest BCUT2D eigenvalue weighted by molar-refractivity contribution is -0.125. The quantitative estimate of drug-likeness (QED) is 0.747. The number of ether oxygens (including phenoxy) is 1. The molecule has 1 amide bonds. The number of hydrogen-bond donors (Lipinski definition) is 1. The number of carbonyl (C=O) groups excluding carboxylic acids is 1. The summed E-state index contributed by atoms with van der Waals surface area (Å²) in [7, 11) is 0. The summed E-state index contributed by atoms with van der Waals surface area (Å²) < 4.78 is 5.41. The second kappa shape index (κ2) is 6.60. The van der Waals surface area contributed by atoms with Gasteiger partial charge in [-0.15, -0.1) is 11.6 Å². The van der Waals surface area contributed by atoms with Gasteiger partial charge >= 0.3 is 0 Å². The lowest BCUT2D eigenvalue weighted by atomic mass is 9.88. The highest BCUT2D eigenvalue weighted by Crippen LogP contribution is 2.23. The molecule has 3 nitrogen and oxygen atoms in total. The van der Waals surface area contributed by atoms with E-state index in [9.17, 15) is 4.79 Å². The number of halogens is 1. The number of rotatable bonds is 6. The van der Waals surface area contributed by atoms with E-state index in [-0.39, 0.29) is 23.3 Å². The molecule has 2 unspecified atom stereocenters. The minimum absolute atomic E-state index is 0.0360. The maximum atomic E-state index is 11.9. The van der Waals surface area contributed by atoms with Crippen molar-refractivity contribution in [3.63, 3.8) is 0 Å². The second-order valence-electron chi connectivity index (χ2n) is 5.75. The van der Waals surface area contributed by atoms with Gasteiger partial charge in [-0.3, -0.25) is 4.79 Å². The molecule has 0 radical (unpaired) electrons. The van der Waals surface area contributed by atoms with Crippen LogP contribution in [0, 0.1) is 11.3 Å². The molecular formula is C13H24ClNO2. The third-order valence-electron chi connectivity index (χ3n) is 3.30. The molecule has 1 aliphatic heterocycles. The van der Waals surface area contributed by atoms with Crippen molar-refractivity contribution in [1.82, 2.24) is 5.32 Å². The molecule has 0 aliphatic carbocycles. The first-order valence-electron chi connectivity index (χ1n) is 6.40. The van der Waals surface area contributed by atoms with Gasteiger partial charge in [-0.2, -0.15) is 0 Å². The van der Waals surface area contributed by atoms with E-state index in [1.807, 2.05) is 6.92 Å². The molecule has 0 aromatic heterocycles. The third-order valence-corrected chi connectivity index (χ3v) is 3.56. The van der Waals surface area contributed by atoms with Gasteiger partial charge in [-0.25, -0.2) is 0 Å². The van der Waals surface area contributed by atoms with Gasteiger partial charge in [0.15, 0.2) is 0 Å². The van der Waals surface area contributed by atoms with E-state index in [0.29, 0.717) is 19.0 Å². The van der Waals surface area contributed by atoms with Crippen LogP contribution in [0.25, 0.3) is 0 Å². The Labute approximate surface area is 109 Å². The normalized spacial score (nSPS) is 24.9.